The molecule has 0 unspecified atom stereocenters. The molecule has 3 nitrogen and oxygen atoms in total. The van der Waals surface area contributed by atoms with Crippen molar-refractivity contribution < 1.29 is 4.42 Å². The van der Waals surface area contributed by atoms with Crippen molar-refractivity contribution in [2.45, 2.75) is 44.7 Å². The second kappa shape index (κ2) is 4.37. The maximum Gasteiger partial charge on any atom is 0.117 e. The van der Waals surface area contributed by atoms with Crippen LogP contribution in [0.2, 0.25) is 0 Å². The van der Waals surface area contributed by atoms with Gasteiger partial charge in [-0.25, -0.2) is 0 Å². The van der Waals surface area contributed by atoms with Crippen LogP contribution < -0.4 is 11.1 Å². The summed E-state index contributed by atoms with van der Waals surface area (Å²) in [5.41, 5.74) is 6.26. The molecule has 15 heavy (non-hydrogen) atoms. The summed E-state index contributed by atoms with van der Waals surface area (Å²) in [6.07, 6.45) is 4.85. The van der Waals surface area contributed by atoms with E-state index >= 15 is 0 Å². The molecule has 0 radical (unpaired) electrons. The number of hydrogen-bond donors (Lipinski definition) is 2. The Hall–Kier alpha value is -0.800. The van der Waals surface area contributed by atoms with E-state index in [1.54, 1.807) is 0 Å². The molecule has 3 N–H and O–H groups in total. The fourth-order valence-corrected chi connectivity index (χ4v) is 2.27. The number of rotatable bonds is 4. The fraction of sp³-hybridized carbons (Fsp3) is 0.667. The molecule has 1 aliphatic carbocycles. The van der Waals surface area contributed by atoms with Crippen molar-refractivity contribution >= 4 is 0 Å². The van der Waals surface area contributed by atoms with Crippen LogP contribution >= 0.6 is 0 Å². The minimum Gasteiger partial charge on any atom is -0.465 e. The molecule has 1 saturated carbocycles. The zero-order valence-electron chi connectivity index (χ0n) is 9.38. The zero-order valence-corrected chi connectivity index (χ0v) is 9.38. The van der Waals surface area contributed by atoms with Crippen LogP contribution in [0.5, 0.6) is 0 Å². The Bertz CT molecular complexity index is 313. The van der Waals surface area contributed by atoms with Crippen molar-refractivity contribution in [2.75, 3.05) is 6.54 Å². The van der Waals surface area contributed by atoms with Crippen molar-refractivity contribution in [3.63, 3.8) is 0 Å². The van der Waals surface area contributed by atoms with Crippen LogP contribution in [-0.2, 0) is 6.54 Å². The Morgan fingerprint density at radius 3 is 2.73 bits per heavy atom. The standard InChI is InChI=1S/C12H20N2O/c1-10-4-5-11(15-10)8-14-9-12(13)6-2-3-7-12/h4-5,14H,2-3,6-9,13H2,1H3. The lowest BCUT2D eigenvalue weighted by Gasteiger charge is -2.23. The highest BCUT2D eigenvalue weighted by Crippen LogP contribution is 2.26. The van der Waals surface area contributed by atoms with Gasteiger partial charge in [0.2, 0.25) is 0 Å². The Morgan fingerprint density at radius 1 is 1.40 bits per heavy atom. The average molecular weight is 208 g/mol. The van der Waals surface area contributed by atoms with Gasteiger partial charge in [-0.3, -0.25) is 0 Å². The SMILES string of the molecule is Cc1ccc(CNCC2(N)CCCC2)o1. The van der Waals surface area contributed by atoms with E-state index < -0.39 is 0 Å². The van der Waals surface area contributed by atoms with Crippen molar-refractivity contribution in [1.82, 2.24) is 5.32 Å². The summed E-state index contributed by atoms with van der Waals surface area (Å²) in [5, 5.41) is 3.38. The maximum absolute atomic E-state index is 6.24. The Morgan fingerprint density at radius 2 is 2.13 bits per heavy atom. The number of furan rings is 1. The first-order valence-corrected chi connectivity index (χ1v) is 5.73. The number of nitrogens with one attached hydrogen (secondary N) is 1. The lowest BCUT2D eigenvalue weighted by Crippen LogP contribution is -2.46. The van der Waals surface area contributed by atoms with E-state index in [2.05, 4.69) is 5.32 Å². The molecule has 0 aromatic carbocycles. The molecule has 1 fully saturated rings. The highest BCUT2D eigenvalue weighted by molar-refractivity contribution is 5.05. The quantitative estimate of drug-likeness (QED) is 0.795. The molecule has 0 saturated heterocycles. The van der Waals surface area contributed by atoms with Gasteiger partial charge >= 0.3 is 0 Å². The van der Waals surface area contributed by atoms with E-state index in [0.29, 0.717) is 0 Å². The Kier molecular flexibility index (Phi) is 3.12. The third-order valence-corrected chi connectivity index (χ3v) is 3.17. The molecule has 0 bridgehead atoms. The summed E-state index contributed by atoms with van der Waals surface area (Å²) in [6.45, 7) is 3.64. The minimum absolute atomic E-state index is 0.0294. The van der Waals surface area contributed by atoms with Gasteiger partial charge in [0.15, 0.2) is 0 Å². The summed E-state index contributed by atoms with van der Waals surface area (Å²) in [4.78, 5) is 0. The Labute approximate surface area is 91.0 Å². The van der Waals surface area contributed by atoms with E-state index in [1.165, 1.54) is 12.8 Å². The molecule has 0 amide bonds. The summed E-state index contributed by atoms with van der Waals surface area (Å²) in [7, 11) is 0. The average Bonchev–Trinajstić information content (AvgIpc) is 2.76. The van der Waals surface area contributed by atoms with Crippen LogP contribution in [0, 0.1) is 6.92 Å². The van der Waals surface area contributed by atoms with Gasteiger partial charge in [0.1, 0.15) is 11.5 Å². The van der Waals surface area contributed by atoms with Gasteiger partial charge < -0.3 is 15.5 Å². The number of hydrogen-bond acceptors (Lipinski definition) is 3. The van der Waals surface area contributed by atoms with E-state index in [0.717, 1.165) is 37.5 Å². The summed E-state index contributed by atoms with van der Waals surface area (Å²) in [6, 6.07) is 4.00. The predicted octanol–water partition coefficient (Wildman–Crippen LogP) is 1.95. The van der Waals surface area contributed by atoms with Gasteiger partial charge in [0.25, 0.3) is 0 Å². The molecule has 3 heteroatoms. The van der Waals surface area contributed by atoms with Crippen molar-refractivity contribution in [2.24, 2.45) is 5.73 Å². The second-order valence-corrected chi connectivity index (χ2v) is 4.69. The van der Waals surface area contributed by atoms with Crippen molar-refractivity contribution in [3.8, 4) is 0 Å². The third-order valence-electron chi connectivity index (χ3n) is 3.17. The smallest absolute Gasteiger partial charge is 0.117 e. The van der Waals surface area contributed by atoms with Gasteiger partial charge in [-0.2, -0.15) is 0 Å². The monoisotopic (exact) mass is 208 g/mol. The first-order chi connectivity index (χ1) is 7.18. The van der Waals surface area contributed by atoms with Crippen molar-refractivity contribution in [1.29, 1.82) is 0 Å². The van der Waals surface area contributed by atoms with Gasteiger partial charge in [-0.05, 0) is 31.9 Å². The number of nitrogens with two attached hydrogens (primary N) is 1. The minimum atomic E-state index is 0.0294. The third kappa shape index (κ3) is 2.83. The molecule has 1 aliphatic rings. The first kappa shape index (κ1) is 10.7. The second-order valence-electron chi connectivity index (χ2n) is 4.69. The molecule has 1 heterocycles. The molecule has 1 aromatic heterocycles. The summed E-state index contributed by atoms with van der Waals surface area (Å²) in [5.74, 6) is 1.96. The first-order valence-electron chi connectivity index (χ1n) is 5.73. The van der Waals surface area contributed by atoms with E-state index in [-0.39, 0.29) is 5.54 Å². The largest absolute Gasteiger partial charge is 0.465 e. The molecule has 0 atom stereocenters. The van der Waals surface area contributed by atoms with Crippen LogP contribution in [0.25, 0.3) is 0 Å². The molecular weight excluding hydrogens is 188 g/mol. The molecule has 84 valence electrons. The zero-order chi connectivity index (χ0) is 10.7. The molecular formula is C12H20N2O. The van der Waals surface area contributed by atoms with E-state index in [1.807, 2.05) is 19.1 Å². The predicted molar refractivity (Wildman–Crippen MR) is 60.5 cm³/mol. The topological polar surface area (TPSA) is 51.2 Å². The van der Waals surface area contributed by atoms with E-state index in [9.17, 15) is 0 Å². The maximum atomic E-state index is 6.24. The molecule has 2 rings (SSSR count). The van der Waals surface area contributed by atoms with Gasteiger partial charge in [-0.1, -0.05) is 12.8 Å². The van der Waals surface area contributed by atoms with Crippen LogP contribution in [-0.4, -0.2) is 12.1 Å². The summed E-state index contributed by atoms with van der Waals surface area (Å²) < 4.78 is 5.48. The van der Waals surface area contributed by atoms with Crippen LogP contribution in [0.4, 0.5) is 0 Å². The van der Waals surface area contributed by atoms with E-state index in [4.69, 9.17) is 10.2 Å². The number of aryl methyl sites for hydroxylation is 1. The lowest BCUT2D eigenvalue weighted by molar-refractivity contribution is 0.386. The molecule has 0 spiro atoms. The Balaban J connectivity index is 1.75. The van der Waals surface area contributed by atoms with Crippen molar-refractivity contribution in [3.05, 3.63) is 23.7 Å². The highest BCUT2D eigenvalue weighted by atomic mass is 16.3. The van der Waals surface area contributed by atoms with Crippen LogP contribution in [0.1, 0.15) is 37.2 Å². The van der Waals surface area contributed by atoms with Gasteiger partial charge in [-0.15, -0.1) is 0 Å². The van der Waals surface area contributed by atoms with Gasteiger partial charge in [0.05, 0.1) is 6.54 Å². The summed E-state index contributed by atoms with van der Waals surface area (Å²) >= 11 is 0. The lowest BCUT2D eigenvalue weighted by atomic mass is 9.99. The van der Waals surface area contributed by atoms with Crippen LogP contribution in [0.3, 0.4) is 0 Å². The normalized spacial score (nSPS) is 19.6. The van der Waals surface area contributed by atoms with Crippen LogP contribution in [0.15, 0.2) is 16.5 Å². The van der Waals surface area contributed by atoms with Gasteiger partial charge in [0, 0.05) is 12.1 Å². The highest BCUT2D eigenvalue weighted by Gasteiger charge is 2.28. The molecule has 0 aliphatic heterocycles. The fourth-order valence-electron chi connectivity index (χ4n) is 2.27. The molecule has 1 aromatic rings.